The van der Waals surface area contributed by atoms with Crippen molar-refractivity contribution < 1.29 is 18.7 Å². The molecule has 1 aliphatic carbocycles. The Morgan fingerprint density at radius 2 is 1.84 bits per heavy atom. The molecule has 10 heteroatoms. The number of ether oxygens (including phenoxy) is 1. The Labute approximate surface area is 228 Å². The van der Waals surface area contributed by atoms with Gasteiger partial charge in [0.15, 0.2) is 0 Å². The van der Waals surface area contributed by atoms with Gasteiger partial charge in [-0.15, -0.1) is 0 Å². The summed E-state index contributed by atoms with van der Waals surface area (Å²) < 4.78 is 11.9. The highest BCUT2D eigenvalue weighted by Gasteiger charge is 2.30. The highest BCUT2D eigenvalue weighted by Crippen LogP contribution is 2.35. The van der Waals surface area contributed by atoms with Crippen LogP contribution in [-0.2, 0) is 4.79 Å². The van der Waals surface area contributed by atoms with Crippen LogP contribution in [0.4, 0.5) is 11.5 Å². The summed E-state index contributed by atoms with van der Waals surface area (Å²) in [5.41, 5.74) is 0.807. The third kappa shape index (κ3) is 7.03. The van der Waals surface area contributed by atoms with E-state index in [0.29, 0.717) is 45.9 Å². The van der Waals surface area contributed by atoms with Crippen LogP contribution < -0.4 is 15.4 Å². The van der Waals surface area contributed by atoms with Gasteiger partial charge in [0.2, 0.25) is 11.7 Å². The molecule has 204 valence electrons. The molecule has 0 saturated heterocycles. The molecule has 38 heavy (non-hydrogen) atoms. The van der Waals surface area contributed by atoms with E-state index in [2.05, 4.69) is 39.5 Å². The van der Waals surface area contributed by atoms with Crippen molar-refractivity contribution in [1.82, 2.24) is 14.8 Å². The zero-order valence-electron chi connectivity index (χ0n) is 22.4. The van der Waals surface area contributed by atoms with Crippen LogP contribution in [0.5, 0.6) is 5.75 Å². The van der Waals surface area contributed by atoms with E-state index in [4.69, 9.17) is 20.8 Å². The van der Waals surface area contributed by atoms with Crippen LogP contribution in [0.25, 0.3) is 11.0 Å². The summed E-state index contributed by atoms with van der Waals surface area (Å²) in [4.78, 5) is 35.0. The van der Waals surface area contributed by atoms with Crippen molar-refractivity contribution in [3.63, 3.8) is 0 Å². The monoisotopic (exact) mass is 541 g/mol. The average Bonchev–Trinajstić information content (AvgIpc) is 3.25. The SMILES string of the molecule is CN(C)CCCOc1ccc2c(NC(=O)C3CCC(N(C)C)CC3)c(C(=O)Nc3ccc(Cl)cn3)oc2c1. The zero-order valence-corrected chi connectivity index (χ0v) is 23.2. The molecule has 2 amide bonds. The molecule has 0 spiro atoms. The first-order valence-electron chi connectivity index (χ1n) is 13.0. The van der Waals surface area contributed by atoms with Gasteiger partial charge in [-0.05, 0) is 84.6 Å². The number of furan rings is 1. The average molecular weight is 542 g/mol. The number of nitrogens with one attached hydrogen (secondary N) is 2. The van der Waals surface area contributed by atoms with Gasteiger partial charge in [-0.2, -0.15) is 0 Å². The van der Waals surface area contributed by atoms with Gasteiger partial charge in [-0.3, -0.25) is 9.59 Å². The second-order valence-electron chi connectivity index (χ2n) is 10.2. The fraction of sp³-hybridized carbons (Fsp3) is 0.464. The Balaban J connectivity index is 1.56. The molecule has 0 radical (unpaired) electrons. The number of pyridine rings is 1. The van der Waals surface area contributed by atoms with Crippen LogP contribution in [-0.4, -0.2) is 74.0 Å². The van der Waals surface area contributed by atoms with Gasteiger partial charge in [-0.1, -0.05) is 11.6 Å². The summed E-state index contributed by atoms with van der Waals surface area (Å²) in [7, 11) is 8.18. The number of anilines is 2. The lowest BCUT2D eigenvalue weighted by atomic mass is 9.85. The summed E-state index contributed by atoms with van der Waals surface area (Å²) >= 11 is 5.92. The van der Waals surface area contributed by atoms with Gasteiger partial charge in [-0.25, -0.2) is 4.98 Å². The minimum absolute atomic E-state index is 0.0110. The molecule has 1 aliphatic rings. The van der Waals surface area contributed by atoms with Gasteiger partial charge in [0, 0.05) is 36.2 Å². The molecule has 3 aromatic rings. The summed E-state index contributed by atoms with van der Waals surface area (Å²) in [6, 6.07) is 9.11. The Hall–Kier alpha value is -3.14. The maximum absolute atomic E-state index is 13.3. The minimum Gasteiger partial charge on any atom is -0.493 e. The van der Waals surface area contributed by atoms with Gasteiger partial charge in [0.25, 0.3) is 5.91 Å². The summed E-state index contributed by atoms with van der Waals surface area (Å²) in [6.07, 6.45) is 5.84. The number of benzene rings is 1. The fourth-order valence-corrected chi connectivity index (χ4v) is 4.84. The molecule has 2 aromatic heterocycles. The second-order valence-corrected chi connectivity index (χ2v) is 10.7. The molecule has 0 bridgehead atoms. The first-order chi connectivity index (χ1) is 18.2. The lowest BCUT2D eigenvalue weighted by Gasteiger charge is -2.31. The molecular formula is C28H36ClN5O4. The molecular weight excluding hydrogens is 506 g/mol. The number of aromatic nitrogens is 1. The third-order valence-corrected chi connectivity index (χ3v) is 7.12. The first-order valence-corrected chi connectivity index (χ1v) is 13.3. The molecule has 2 N–H and O–H groups in total. The van der Waals surface area contributed by atoms with E-state index in [9.17, 15) is 9.59 Å². The number of carbonyl (C=O) groups is 2. The molecule has 9 nitrogen and oxygen atoms in total. The Kier molecular flexibility index (Phi) is 9.25. The third-order valence-electron chi connectivity index (χ3n) is 6.90. The minimum atomic E-state index is -0.518. The van der Waals surface area contributed by atoms with Crippen LogP contribution in [0.1, 0.15) is 42.7 Å². The number of hydrogen-bond donors (Lipinski definition) is 2. The maximum Gasteiger partial charge on any atom is 0.294 e. The van der Waals surface area contributed by atoms with Crippen molar-refractivity contribution in [2.45, 2.75) is 38.1 Å². The van der Waals surface area contributed by atoms with Crippen molar-refractivity contribution in [2.75, 3.05) is 52.0 Å². The number of carbonyl (C=O) groups excluding carboxylic acids is 2. The lowest BCUT2D eigenvalue weighted by Crippen LogP contribution is -2.35. The van der Waals surface area contributed by atoms with Crippen LogP contribution in [0.3, 0.4) is 0 Å². The number of fused-ring (bicyclic) bond motifs is 1. The van der Waals surface area contributed by atoms with Crippen molar-refractivity contribution in [3.8, 4) is 5.75 Å². The first kappa shape index (κ1) is 27.9. The number of halogens is 1. The summed E-state index contributed by atoms with van der Waals surface area (Å²) in [5.74, 6) is 0.227. The highest BCUT2D eigenvalue weighted by molar-refractivity contribution is 6.30. The molecule has 4 rings (SSSR count). The van der Waals surface area contributed by atoms with E-state index in [1.165, 1.54) is 6.20 Å². The maximum atomic E-state index is 13.3. The van der Waals surface area contributed by atoms with Gasteiger partial charge in [0.05, 0.1) is 11.6 Å². The summed E-state index contributed by atoms with van der Waals surface area (Å²) in [5, 5.41) is 6.84. The quantitative estimate of drug-likeness (QED) is 0.343. The van der Waals surface area contributed by atoms with Crippen LogP contribution >= 0.6 is 11.6 Å². The Morgan fingerprint density at radius 1 is 1.08 bits per heavy atom. The van der Waals surface area contributed by atoms with E-state index in [-0.39, 0.29) is 17.6 Å². The van der Waals surface area contributed by atoms with Gasteiger partial charge in [0.1, 0.15) is 22.8 Å². The number of hydrogen-bond acceptors (Lipinski definition) is 7. The summed E-state index contributed by atoms with van der Waals surface area (Å²) in [6.45, 7) is 1.47. The highest BCUT2D eigenvalue weighted by atomic mass is 35.5. The molecule has 1 saturated carbocycles. The second kappa shape index (κ2) is 12.6. The van der Waals surface area contributed by atoms with Crippen LogP contribution in [0.2, 0.25) is 5.02 Å². The van der Waals surface area contributed by atoms with E-state index >= 15 is 0 Å². The van der Waals surface area contributed by atoms with E-state index in [1.807, 2.05) is 26.2 Å². The Bertz CT molecular complexity index is 1250. The standard InChI is InChI=1S/C28H36ClN5O4/c1-33(2)14-5-15-37-21-11-12-22-23(16-21)38-26(28(36)31-24-13-8-19(29)17-30-24)25(22)32-27(35)18-6-9-20(10-7-18)34(3)4/h8,11-13,16-18,20H,5-7,9-10,14-15H2,1-4H3,(H,32,35)(H,30,31,36). The fourth-order valence-electron chi connectivity index (χ4n) is 4.72. The normalized spacial score (nSPS) is 17.7. The van der Waals surface area contributed by atoms with Gasteiger partial charge < -0.3 is 29.6 Å². The van der Waals surface area contributed by atoms with Crippen LogP contribution in [0, 0.1) is 5.92 Å². The predicted octanol–water partition coefficient (Wildman–Crippen LogP) is 5.12. The van der Waals surface area contributed by atoms with Crippen molar-refractivity contribution >= 4 is 45.9 Å². The van der Waals surface area contributed by atoms with Crippen molar-refractivity contribution in [1.29, 1.82) is 0 Å². The molecule has 1 aromatic carbocycles. The van der Waals surface area contributed by atoms with Crippen LogP contribution in [0.15, 0.2) is 40.9 Å². The lowest BCUT2D eigenvalue weighted by molar-refractivity contribution is -0.121. The largest absolute Gasteiger partial charge is 0.493 e. The molecule has 0 atom stereocenters. The van der Waals surface area contributed by atoms with E-state index in [0.717, 1.165) is 38.6 Å². The van der Waals surface area contributed by atoms with Crippen molar-refractivity contribution in [2.24, 2.45) is 5.92 Å². The smallest absolute Gasteiger partial charge is 0.294 e. The Morgan fingerprint density at radius 3 is 2.50 bits per heavy atom. The molecule has 0 unspecified atom stereocenters. The number of nitrogens with zero attached hydrogens (tertiary/aromatic N) is 3. The van der Waals surface area contributed by atoms with Gasteiger partial charge >= 0.3 is 0 Å². The number of rotatable bonds is 10. The number of amides is 2. The van der Waals surface area contributed by atoms with E-state index in [1.54, 1.807) is 18.2 Å². The van der Waals surface area contributed by atoms with Crippen molar-refractivity contribution in [3.05, 3.63) is 47.3 Å². The zero-order chi connectivity index (χ0) is 27.2. The molecule has 0 aliphatic heterocycles. The topological polar surface area (TPSA) is 99.9 Å². The predicted molar refractivity (Wildman–Crippen MR) is 150 cm³/mol. The molecule has 2 heterocycles. The van der Waals surface area contributed by atoms with E-state index < -0.39 is 5.91 Å². The molecule has 1 fully saturated rings.